The first-order valence-electron chi connectivity index (χ1n) is 9.26. The minimum absolute atomic E-state index is 0.130. The summed E-state index contributed by atoms with van der Waals surface area (Å²) in [4.78, 5) is 34.5. The zero-order chi connectivity index (χ0) is 21.3. The van der Waals surface area contributed by atoms with Gasteiger partial charge in [-0.2, -0.15) is 0 Å². The number of hydrogen-bond acceptors (Lipinski definition) is 6. The lowest BCUT2D eigenvalue weighted by Crippen LogP contribution is -2.30. The lowest BCUT2D eigenvalue weighted by atomic mass is 10.1. The second kappa shape index (κ2) is 8.00. The third-order valence-corrected chi connectivity index (χ3v) is 5.86. The van der Waals surface area contributed by atoms with Gasteiger partial charge in [0.15, 0.2) is 5.13 Å². The quantitative estimate of drug-likeness (QED) is 0.334. The van der Waals surface area contributed by atoms with E-state index in [-0.39, 0.29) is 23.7 Å². The van der Waals surface area contributed by atoms with Gasteiger partial charge in [0.25, 0.3) is 11.6 Å². The minimum Gasteiger partial charge on any atom is -0.278 e. The summed E-state index contributed by atoms with van der Waals surface area (Å²) in [5.74, 6) is -0.364. The molecule has 0 saturated heterocycles. The predicted molar refractivity (Wildman–Crippen MR) is 117 cm³/mol. The Morgan fingerprint density at radius 2 is 1.90 bits per heavy atom. The topological polar surface area (TPSA) is 89.2 Å². The largest absolute Gasteiger partial charge is 0.278 e. The molecule has 0 aliphatic rings. The maximum Gasteiger partial charge on any atom is 0.270 e. The normalized spacial score (nSPS) is 10.9. The Morgan fingerprint density at radius 1 is 1.10 bits per heavy atom. The van der Waals surface area contributed by atoms with Crippen LogP contribution < -0.4 is 4.90 Å². The third kappa shape index (κ3) is 3.90. The fourth-order valence-electron chi connectivity index (χ4n) is 3.07. The third-order valence-electron chi connectivity index (χ3n) is 4.82. The highest BCUT2D eigenvalue weighted by atomic mass is 32.1. The van der Waals surface area contributed by atoms with E-state index in [0.717, 1.165) is 21.3 Å². The van der Waals surface area contributed by atoms with Gasteiger partial charge in [-0.3, -0.25) is 24.8 Å². The van der Waals surface area contributed by atoms with Crippen LogP contribution in [-0.2, 0) is 6.54 Å². The van der Waals surface area contributed by atoms with Crippen molar-refractivity contribution in [3.63, 3.8) is 0 Å². The number of benzene rings is 2. The van der Waals surface area contributed by atoms with Crippen molar-refractivity contribution in [1.29, 1.82) is 0 Å². The van der Waals surface area contributed by atoms with Gasteiger partial charge in [-0.25, -0.2) is 4.98 Å². The van der Waals surface area contributed by atoms with E-state index in [4.69, 9.17) is 0 Å². The van der Waals surface area contributed by atoms with E-state index in [2.05, 4.69) is 16.0 Å². The van der Waals surface area contributed by atoms with Crippen LogP contribution in [-0.4, -0.2) is 20.8 Å². The molecule has 0 aliphatic heterocycles. The Bertz CT molecular complexity index is 1210. The van der Waals surface area contributed by atoms with E-state index in [1.165, 1.54) is 34.4 Å². The van der Waals surface area contributed by atoms with Crippen LogP contribution in [0.15, 0.2) is 60.8 Å². The van der Waals surface area contributed by atoms with Gasteiger partial charge in [-0.15, -0.1) is 0 Å². The van der Waals surface area contributed by atoms with Gasteiger partial charge in [0, 0.05) is 23.9 Å². The van der Waals surface area contributed by atoms with Crippen molar-refractivity contribution in [3.05, 3.63) is 93.3 Å². The van der Waals surface area contributed by atoms with Crippen LogP contribution in [0.2, 0.25) is 0 Å². The van der Waals surface area contributed by atoms with Gasteiger partial charge in [0.05, 0.1) is 27.4 Å². The van der Waals surface area contributed by atoms with Crippen molar-refractivity contribution < 1.29 is 9.72 Å². The van der Waals surface area contributed by atoms with E-state index in [1.807, 2.05) is 32.0 Å². The highest BCUT2D eigenvalue weighted by Gasteiger charge is 2.24. The molecule has 0 N–H and O–H groups in total. The number of rotatable bonds is 5. The zero-order valence-electron chi connectivity index (χ0n) is 16.4. The highest BCUT2D eigenvalue weighted by molar-refractivity contribution is 7.22. The van der Waals surface area contributed by atoms with E-state index in [0.29, 0.717) is 10.8 Å². The molecule has 2 heterocycles. The van der Waals surface area contributed by atoms with Crippen LogP contribution in [0.3, 0.4) is 0 Å². The summed E-state index contributed by atoms with van der Waals surface area (Å²) in [6, 6.07) is 15.3. The molecule has 0 radical (unpaired) electrons. The molecule has 8 heteroatoms. The lowest BCUT2D eigenvalue weighted by Gasteiger charge is -2.19. The van der Waals surface area contributed by atoms with Crippen molar-refractivity contribution in [1.82, 2.24) is 9.97 Å². The number of aryl methyl sites for hydroxylation is 2. The number of nitro groups is 1. The highest BCUT2D eigenvalue weighted by Crippen LogP contribution is 2.32. The van der Waals surface area contributed by atoms with Crippen molar-refractivity contribution >= 4 is 38.3 Å². The molecule has 0 saturated carbocycles. The fraction of sp³-hybridized carbons (Fsp3) is 0.136. The number of pyridine rings is 1. The number of aromatic nitrogens is 2. The summed E-state index contributed by atoms with van der Waals surface area (Å²) >= 11 is 1.41. The van der Waals surface area contributed by atoms with E-state index in [1.54, 1.807) is 18.3 Å². The van der Waals surface area contributed by atoms with Crippen molar-refractivity contribution in [2.75, 3.05) is 4.90 Å². The van der Waals surface area contributed by atoms with E-state index < -0.39 is 4.92 Å². The molecule has 0 spiro atoms. The summed E-state index contributed by atoms with van der Waals surface area (Å²) in [7, 11) is 0. The maximum absolute atomic E-state index is 13.4. The molecule has 0 unspecified atom stereocenters. The number of thiazole rings is 1. The second-order valence-corrected chi connectivity index (χ2v) is 7.93. The zero-order valence-corrected chi connectivity index (χ0v) is 17.2. The molecule has 0 fully saturated rings. The summed E-state index contributed by atoms with van der Waals surface area (Å²) in [6.45, 7) is 4.27. The number of amides is 1. The Morgan fingerprint density at radius 3 is 2.63 bits per heavy atom. The van der Waals surface area contributed by atoms with Gasteiger partial charge in [0.1, 0.15) is 0 Å². The molecule has 30 heavy (non-hydrogen) atoms. The van der Waals surface area contributed by atoms with Gasteiger partial charge in [-0.1, -0.05) is 23.5 Å². The fourth-order valence-corrected chi connectivity index (χ4v) is 4.11. The molecule has 0 aliphatic carbocycles. The van der Waals surface area contributed by atoms with Crippen LogP contribution in [0.25, 0.3) is 10.2 Å². The summed E-state index contributed by atoms with van der Waals surface area (Å²) in [5.41, 5.74) is 3.89. The molecule has 4 aromatic rings. The second-order valence-electron chi connectivity index (χ2n) is 6.92. The van der Waals surface area contributed by atoms with Gasteiger partial charge < -0.3 is 0 Å². The Balaban J connectivity index is 1.79. The average molecular weight is 418 g/mol. The molecule has 2 aromatic carbocycles. The van der Waals surface area contributed by atoms with Gasteiger partial charge in [-0.05, 0) is 55.3 Å². The number of fused-ring (bicyclic) bond motifs is 1. The van der Waals surface area contributed by atoms with Crippen LogP contribution in [0.5, 0.6) is 0 Å². The minimum atomic E-state index is -0.511. The lowest BCUT2D eigenvalue weighted by molar-refractivity contribution is -0.384. The molecule has 4 rings (SSSR count). The molecular formula is C22H18N4O3S. The number of nitro benzene ring substituents is 1. The summed E-state index contributed by atoms with van der Waals surface area (Å²) in [6.07, 6.45) is 1.66. The van der Waals surface area contributed by atoms with E-state index >= 15 is 0 Å². The Kier molecular flexibility index (Phi) is 5.24. The first-order valence-corrected chi connectivity index (χ1v) is 10.1. The molecule has 2 aromatic heterocycles. The van der Waals surface area contributed by atoms with Crippen LogP contribution >= 0.6 is 11.3 Å². The number of carbonyl (C=O) groups excluding carboxylic acids is 1. The number of carbonyl (C=O) groups is 1. The van der Waals surface area contributed by atoms with Gasteiger partial charge in [0.2, 0.25) is 0 Å². The molecular weight excluding hydrogens is 400 g/mol. The predicted octanol–water partition coefficient (Wildman–Crippen LogP) is 5.06. The molecule has 0 atom stereocenters. The number of non-ortho nitro benzene ring substituents is 1. The SMILES string of the molecule is Cc1cc2nc(N(Cc3ccccn3)C(=O)c3cccc([N+](=O)[O-])c3)sc2cc1C. The smallest absolute Gasteiger partial charge is 0.270 e. The van der Waals surface area contributed by atoms with Crippen LogP contribution in [0.1, 0.15) is 27.2 Å². The summed E-state index contributed by atoms with van der Waals surface area (Å²) < 4.78 is 0.978. The molecule has 7 nitrogen and oxygen atoms in total. The summed E-state index contributed by atoms with van der Waals surface area (Å²) in [5, 5.41) is 11.7. The number of hydrogen-bond donors (Lipinski definition) is 0. The van der Waals surface area contributed by atoms with E-state index in [9.17, 15) is 14.9 Å². The first-order chi connectivity index (χ1) is 14.4. The van der Waals surface area contributed by atoms with Crippen LogP contribution in [0.4, 0.5) is 10.8 Å². The van der Waals surface area contributed by atoms with Crippen molar-refractivity contribution in [2.45, 2.75) is 20.4 Å². The molecule has 0 bridgehead atoms. The molecule has 150 valence electrons. The Labute approximate surface area is 176 Å². The number of anilines is 1. The first kappa shape index (κ1) is 19.7. The standard InChI is InChI=1S/C22H18N4O3S/c1-14-10-19-20(11-15(14)2)30-22(24-19)25(13-17-7-3-4-9-23-17)21(27)16-6-5-8-18(12-16)26(28)29/h3-12H,13H2,1-2H3. The average Bonchev–Trinajstić information content (AvgIpc) is 3.15. The monoisotopic (exact) mass is 418 g/mol. The Hall–Kier alpha value is -3.65. The number of nitrogens with zero attached hydrogens (tertiary/aromatic N) is 4. The molecule has 1 amide bonds. The maximum atomic E-state index is 13.4. The van der Waals surface area contributed by atoms with Crippen LogP contribution in [0, 0.1) is 24.0 Å². The van der Waals surface area contributed by atoms with Crippen molar-refractivity contribution in [3.8, 4) is 0 Å². The van der Waals surface area contributed by atoms with Crippen molar-refractivity contribution in [2.24, 2.45) is 0 Å². The van der Waals surface area contributed by atoms with Gasteiger partial charge >= 0.3 is 0 Å².